The van der Waals surface area contributed by atoms with Crippen molar-refractivity contribution in [3.05, 3.63) is 0 Å². The molecule has 0 aromatic heterocycles. The van der Waals surface area contributed by atoms with E-state index in [0.29, 0.717) is 37.9 Å². The SMILES string of the molecule is CCC(=O)N1C[C@@H](F)C[C@H]1C1CCN(C2CC3(CCN(C(=O)O)C3)C2)CC1. The molecular weight excluding hydrogens is 349 g/mol. The molecule has 6 nitrogen and oxygen atoms in total. The highest BCUT2D eigenvalue weighted by Crippen LogP contribution is 2.50. The molecule has 27 heavy (non-hydrogen) atoms. The van der Waals surface area contributed by atoms with Crippen molar-refractivity contribution in [2.45, 2.75) is 70.1 Å². The molecule has 0 bridgehead atoms. The second kappa shape index (κ2) is 7.22. The van der Waals surface area contributed by atoms with E-state index in [1.165, 1.54) is 0 Å². The number of piperidine rings is 1. The Bertz CT molecular complexity index is 587. The van der Waals surface area contributed by atoms with Crippen LogP contribution in [0.2, 0.25) is 0 Å². The first kappa shape index (κ1) is 19.0. The van der Waals surface area contributed by atoms with Crippen LogP contribution in [0.4, 0.5) is 9.18 Å². The molecule has 4 fully saturated rings. The maximum atomic E-state index is 14.0. The van der Waals surface area contributed by atoms with Gasteiger partial charge < -0.3 is 19.8 Å². The lowest BCUT2D eigenvalue weighted by Crippen LogP contribution is -2.55. The van der Waals surface area contributed by atoms with Crippen LogP contribution in [-0.2, 0) is 4.79 Å². The van der Waals surface area contributed by atoms with Gasteiger partial charge in [0.25, 0.3) is 0 Å². The number of carboxylic acid groups (broad SMARTS) is 1. The third-order valence-corrected chi connectivity index (χ3v) is 7.60. The lowest BCUT2D eigenvalue weighted by Gasteiger charge is -2.52. The number of alkyl halides is 1. The van der Waals surface area contributed by atoms with Crippen molar-refractivity contribution in [1.29, 1.82) is 0 Å². The van der Waals surface area contributed by atoms with E-state index in [1.807, 2.05) is 11.8 Å². The first-order valence-corrected chi connectivity index (χ1v) is 10.6. The molecule has 1 saturated carbocycles. The van der Waals surface area contributed by atoms with Crippen LogP contribution in [0.5, 0.6) is 0 Å². The monoisotopic (exact) mass is 381 g/mol. The van der Waals surface area contributed by atoms with Gasteiger partial charge in [-0.15, -0.1) is 0 Å². The van der Waals surface area contributed by atoms with E-state index in [0.717, 1.165) is 45.2 Å². The van der Waals surface area contributed by atoms with Crippen molar-refractivity contribution >= 4 is 12.0 Å². The Morgan fingerprint density at radius 1 is 1.19 bits per heavy atom. The van der Waals surface area contributed by atoms with Crippen LogP contribution in [0.1, 0.15) is 51.9 Å². The summed E-state index contributed by atoms with van der Waals surface area (Å²) in [4.78, 5) is 29.2. The van der Waals surface area contributed by atoms with Crippen LogP contribution in [0, 0.1) is 11.3 Å². The molecule has 2 atom stereocenters. The molecule has 1 spiro atoms. The average Bonchev–Trinajstić information content (AvgIpc) is 3.24. The first-order chi connectivity index (χ1) is 12.9. The molecular formula is C20H32FN3O3. The predicted molar refractivity (Wildman–Crippen MR) is 99.3 cm³/mol. The number of hydrogen-bond acceptors (Lipinski definition) is 3. The van der Waals surface area contributed by atoms with Crippen molar-refractivity contribution in [1.82, 2.24) is 14.7 Å². The molecule has 3 heterocycles. The Balaban J connectivity index is 1.27. The van der Waals surface area contributed by atoms with Gasteiger partial charge in [-0.25, -0.2) is 9.18 Å². The topological polar surface area (TPSA) is 64.1 Å². The predicted octanol–water partition coefficient (Wildman–Crippen LogP) is 2.58. The van der Waals surface area contributed by atoms with Gasteiger partial charge in [0.2, 0.25) is 5.91 Å². The number of halogens is 1. The van der Waals surface area contributed by atoms with Crippen LogP contribution in [-0.4, -0.2) is 82.8 Å². The van der Waals surface area contributed by atoms with Gasteiger partial charge in [-0.3, -0.25) is 4.79 Å². The summed E-state index contributed by atoms with van der Waals surface area (Å²) in [6, 6.07) is 0.659. The van der Waals surface area contributed by atoms with Crippen LogP contribution in [0.25, 0.3) is 0 Å². The van der Waals surface area contributed by atoms with Crippen LogP contribution < -0.4 is 0 Å². The Morgan fingerprint density at radius 3 is 2.48 bits per heavy atom. The fourth-order valence-electron chi connectivity index (χ4n) is 6.05. The summed E-state index contributed by atoms with van der Waals surface area (Å²) in [5.74, 6) is 0.508. The Morgan fingerprint density at radius 2 is 1.89 bits per heavy atom. The molecule has 1 N–H and O–H groups in total. The molecule has 0 unspecified atom stereocenters. The van der Waals surface area contributed by atoms with Gasteiger partial charge >= 0.3 is 6.09 Å². The minimum Gasteiger partial charge on any atom is -0.465 e. The lowest BCUT2D eigenvalue weighted by molar-refractivity contribution is -0.133. The lowest BCUT2D eigenvalue weighted by atomic mass is 9.64. The average molecular weight is 381 g/mol. The number of hydrogen-bond donors (Lipinski definition) is 1. The molecule has 3 saturated heterocycles. The van der Waals surface area contributed by atoms with E-state index < -0.39 is 12.3 Å². The fraction of sp³-hybridized carbons (Fsp3) is 0.900. The van der Waals surface area contributed by atoms with Crippen molar-refractivity contribution in [2.75, 3.05) is 32.7 Å². The van der Waals surface area contributed by atoms with E-state index in [2.05, 4.69) is 4.90 Å². The largest absolute Gasteiger partial charge is 0.465 e. The quantitative estimate of drug-likeness (QED) is 0.816. The number of rotatable bonds is 3. The minimum atomic E-state index is -0.866. The van der Waals surface area contributed by atoms with Crippen molar-refractivity contribution in [2.24, 2.45) is 11.3 Å². The summed E-state index contributed by atoms with van der Waals surface area (Å²) in [5.41, 5.74) is 0.219. The normalized spacial score (nSPS) is 37.8. The summed E-state index contributed by atoms with van der Waals surface area (Å²) < 4.78 is 14.0. The summed E-state index contributed by atoms with van der Waals surface area (Å²) >= 11 is 0. The third-order valence-electron chi connectivity index (χ3n) is 7.60. The third kappa shape index (κ3) is 3.55. The summed E-state index contributed by atoms with van der Waals surface area (Å²) in [5, 5.41) is 9.17. The Labute approximate surface area is 160 Å². The number of likely N-dealkylation sites (tertiary alicyclic amines) is 3. The van der Waals surface area contributed by atoms with Crippen LogP contribution >= 0.6 is 0 Å². The van der Waals surface area contributed by atoms with Gasteiger partial charge in [0.05, 0.1) is 6.54 Å². The van der Waals surface area contributed by atoms with E-state index in [-0.39, 0.29) is 23.9 Å². The van der Waals surface area contributed by atoms with Gasteiger partial charge in [0, 0.05) is 38.0 Å². The molecule has 7 heteroatoms. The molecule has 0 aromatic carbocycles. The molecule has 4 aliphatic rings. The van der Waals surface area contributed by atoms with E-state index in [4.69, 9.17) is 0 Å². The first-order valence-electron chi connectivity index (χ1n) is 10.6. The summed E-state index contributed by atoms with van der Waals surface area (Å²) in [6.45, 7) is 5.56. The zero-order chi connectivity index (χ0) is 19.2. The summed E-state index contributed by atoms with van der Waals surface area (Å²) in [6.07, 6.45) is 4.61. The Kier molecular flexibility index (Phi) is 5.08. The molecule has 152 valence electrons. The molecule has 0 radical (unpaired) electrons. The number of amides is 2. The second-order valence-corrected chi connectivity index (χ2v) is 9.19. The van der Waals surface area contributed by atoms with Gasteiger partial charge in [0.1, 0.15) is 6.17 Å². The zero-order valence-electron chi connectivity index (χ0n) is 16.3. The van der Waals surface area contributed by atoms with Crippen molar-refractivity contribution in [3.8, 4) is 0 Å². The zero-order valence-corrected chi connectivity index (χ0v) is 16.3. The van der Waals surface area contributed by atoms with Crippen molar-refractivity contribution < 1.29 is 19.1 Å². The van der Waals surface area contributed by atoms with Crippen LogP contribution in [0.3, 0.4) is 0 Å². The molecule has 3 aliphatic heterocycles. The maximum Gasteiger partial charge on any atom is 0.407 e. The van der Waals surface area contributed by atoms with Gasteiger partial charge in [-0.1, -0.05) is 6.92 Å². The smallest absolute Gasteiger partial charge is 0.407 e. The maximum absolute atomic E-state index is 14.0. The van der Waals surface area contributed by atoms with E-state index in [1.54, 1.807) is 4.90 Å². The fourth-order valence-corrected chi connectivity index (χ4v) is 6.05. The highest BCUT2D eigenvalue weighted by molar-refractivity contribution is 5.76. The number of carbonyl (C=O) groups is 2. The Hall–Kier alpha value is -1.37. The number of carbonyl (C=O) groups excluding carboxylic acids is 1. The van der Waals surface area contributed by atoms with Crippen molar-refractivity contribution in [3.63, 3.8) is 0 Å². The molecule has 0 aromatic rings. The van der Waals surface area contributed by atoms with Crippen LogP contribution in [0.15, 0.2) is 0 Å². The molecule has 4 rings (SSSR count). The van der Waals surface area contributed by atoms with Gasteiger partial charge in [-0.2, -0.15) is 0 Å². The van der Waals surface area contributed by atoms with Gasteiger partial charge in [0.15, 0.2) is 0 Å². The summed E-state index contributed by atoms with van der Waals surface area (Å²) in [7, 11) is 0. The second-order valence-electron chi connectivity index (χ2n) is 9.19. The highest BCUT2D eigenvalue weighted by Gasteiger charge is 2.51. The molecule has 1 aliphatic carbocycles. The standard InChI is InChI=1S/C20H32FN3O3/c1-2-18(25)24-12-15(21)9-17(24)14-3-6-22(7-4-14)16-10-20(11-16)5-8-23(13-20)19(26)27/h14-17H,2-13H2,1H3,(H,26,27)/t15-,16?,17-,20?/m0/s1. The minimum absolute atomic E-state index is 0.0845. The highest BCUT2D eigenvalue weighted by atomic mass is 19.1. The number of nitrogens with zero attached hydrogens (tertiary/aromatic N) is 3. The van der Waals surface area contributed by atoms with Gasteiger partial charge in [-0.05, 0) is 56.5 Å². The van der Waals surface area contributed by atoms with E-state index in [9.17, 15) is 19.1 Å². The van der Waals surface area contributed by atoms with E-state index >= 15 is 0 Å². The molecule has 2 amide bonds.